The lowest BCUT2D eigenvalue weighted by molar-refractivity contribution is 0.250. The average molecular weight is 355 g/mol. The van der Waals surface area contributed by atoms with Gasteiger partial charge in [0, 0.05) is 0 Å². The van der Waals surface area contributed by atoms with E-state index in [1.807, 2.05) is 6.08 Å². The average Bonchev–Trinajstić information content (AvgIpc) is 2.56. The van der Waals surface area contributed by atoms with Crippen molar-refractivity contribution in [3.8, 4) is 0 Å². The predicted octanol–water partition coefficient (Wildman–Crippen LogP) is 6.33. The zero-order chi connectivity index (χ0) is 18.8. The summed E-state index contributed by atoms with van der Waals surface area (Å²) >= 11 is 0. The predicted molar refractivity (Wildman–Crippen MR) is 110 cm³/mol. The minimum absolute atomic E-state index is 0.0306. The second-order valence-corrected chi connectivity index (χ2v) is 12.2. The van der Waals surface area contributed by atoms with E-state index in [9.17, 15) is 5.11 Å². The molecule has 0 aromatic carbocycles. The lowest BCUT2D eigenvalue weighted by atomic mass is 9.92. The molecule has 0 amide bonds. The fourth-order valence-electron chi connectivity index (χ4n) is 3.45. The molecule has 0 fully saturated rings. The van der Waals surface area contributed by atoms with Crippen LogP contribution in [0.3, 0.4) is 0 Å². The molecule has 0 saturated carbocycles. The van der Waals surface area contributed by atoms with E-state index in [1.54, 1.807) is 0 Å². The maximum absolute atomic E-state index is 9.33. The van der Waals surface area contributed by atoms with E-state index in [1.165, 1.54) is 18.4 Å². The van der Waals surface area contributed by atoms with Crippen LogP contribution >= 0.6 is 0 Å². The molecule has 3 atom stereocenters. The van der Waals surface area contributed by atoms with Gasteiger partial charge in [-0.25, -0.2) is 0 Å². The molecule has 1 N–H and O–H groups in total. The van der Waals surface area contributed by atoms with Crippen molar-refractivity contribution in [1.82, 2.24) is 0 Å². The van der Waals surface area contributed by atoms with Crippen molar-refractivity contribution in [3.05, 3.63) is 23.3 Å². The van der Waals surface area contributed by atoms with Crippen molar-refractivity contribution >= 4 is 8.32 Å². The van der Waals surface area contributed by atoms with Crippen LogP contribution in [0.5, 0.6) is 0 Å². The molecule has 0 saturated heterocycles. The minimum Gasteiger partial charge on any atom is -0.407 e. The highest BCUT2D eigenvalue weighted by atomic mass is 28.4. The molecule has 2 nitrogen and oxygen atoms in total. The molecule has 0 spiro atoms. The Bertz CT molecular complexity index is 388. The van der Waals surface area contributed by atoms with E-state index in [2.05, 4.69) is 61.5 Å². The molecule has 0 aromatic heterocycles. The monoisotopic (exact) mass is 354 g/mol. The number of aliphatic hydroxyl groups excluding tert-OH is 1. The molecule has 0 aliphatic heterocycles. The third kappa shape index (κ3) is 7.67. The van der Waals surface area contributed by atoms with Gasteiger partial charge in [-0.1, -0.05) is 60.1 Å². The van der Waals surface area contributed by atoms with Gasteiger partial charge < -0.3 is 9.53 Å². The summed E-state index contributed by atoms with van der Waals surface area (Å²) in [5.41, 5.74) is 2.45. The van der Waals surface area contributed by atoms with E-state index in [-0.39, 0.29) is 12.7 Å². The van der Waals surface area contributed by atoms with E-state index in [0.29, 0.717) is 5.92 Å². The van der Waals surface area contributed by atoms with Crippen molar-refractivity contribution < 1.29 is 9.53 Å². The zero-order valence-corrected chi connectivity index (χ0v) is 18.5. The van der Waals surface area contributed by atoms with Gasteiger partial charge in [-0.05, 0) is 61.4 Å². The second-order valence-electron chi connectivity index (χ2n) is 7.51. The van der Waals surface area contributed by atoms with Crippen LogP contribution in [0.25, 0.3) is 0 Å². The molecule has 0 aliphatic carbocycles. The van der Waals surface area contributed by atoms with Gasteiger partial charge in [-0.3, -0.25) is 0 Å². The first kappa shape index (κ1) is 23.6. The Labute approximate surface area is 152 Å². The van der Waals surface area contributed by atoms with Crippen LogP contribution in [0.1, 0.15) is 68.2 Å². The van der Waals surface area contributed by atoms with Crippen LogP contribution in [-0.2, 0) is 4.43 Å². The van der Waals surface area contributed by atoms with Gasteiger partial charge in [0.25, 0.3) is 0 Å². The molecule has 24 heavy (non-hydrogen) atoms. The molecular weight excluding hydrogens is 312 g/mol. The Balaban J connectivity index is 5.44. The van der Waals surface area contributed by atoms with Gasteiger partial charge in [0.2, 0.25) is 0 Å². The van der Waals surface area contributed by atoms with Crippen molar-refractivity contribution in [2.24, 2.45) is 11.8 Å². The van der Waals surface area contributed by atoms with Crippen LogP contribution < -0.4 is 0 Å². The van der Waals surface area contributed by atoms with Crippen LogP contribution in [0.2, 0.25) is 18.1 Å². The smallest absolute Gasteiger partial charge is 0.193 e. The normalized spacial score (nSPS) is 17.7. The van der Waals surface area contributed by atoms with Gasteiger partial charge in [-0.2, -0.15) is 0 Å². The summed E-state index contributed by atoms with van der Waals surface area (Å²) < 4.78 is 6.79. The Morgan fingerprint density at radius 1 is 1.00 bits per heavy atom. The highest BCUT2D eigenvalue weighted by Gasteiger charge is 2.33. The summed E-state index contributed by atoms with van der Waals surface area (Å²) in [6.45, 7) is 18.1. The Hall–Kier alpha value is -0.383. The number of aliphatic hydroxyl groups is 1. The summed E-state index contributed by atoms with van der Waals surface area (Å²) in [7, 11) is -1.69. The fraction of sp³-hybridized carbons (Fsp3) is 0.810. The summed E-state index contributed by atoms with van der Waals surface area (Å²) in [6, 6.07) is 3.45. The van der Waals surface area contributed by atoms with Gasteiger partial charge in [0.05, 0.1) is 12.7 Å². The molecule has 0 heterocycles. The van der Waals surface area contributed by atoms with E-state index in [0.717, 1.165) is 29.6 Å². The zero-order valence-electron chi connectivity index (χ0n) is 17.5. The fourth-order valence-corrected chi connectivity index (χ4v) is 6.32. The van der Waals surface area contributed by atoms with Gasteiger partial charge >= 0.3 is 0 Å². The minimum atomic E-state index is -1.69. The molecule has 3 heteroatoms. The molecular formula is C21H42O2Si. The maximum atomic E-state index is 9.33. The van der Waals surface area contributed by atoms with Gasteiger partial charge in [-0.15, -0.1) is 0 Å². The van der Waals surface area contributed by atoms with E-state index < -0.39 is 8.32 Å². The lowest BCUT2D eigenvalue weighted by Gasteiger charge is -2.35. The molecule has 0 unspecified atom stereocenters. The summed E-state index contributed by atoms with van der Waals surface area (Å²) in [5, 5.41) is 9.33. The molecule has 0 aliphatic rings. The third-order valence-corrected chi connectivity index (χ3v) is 10.2. The standard InChI is InChI=1S/C21H42O2Si/c1-9-17(5)15-18(6)16-20(8)21(19(7)13-14-22)23-24(10-2,11-3)12-4/h13,16-18,21-22H,9-12,14-15H2,1-8H3/b19-13+,20-16+/t17-,18+,21+/m1/s1. The van der Waals surface area contributed by atoms with Crippen LogP contribution in [0, 0.1) is 11.8 Å². The molecule has 0 radical (unpaired) electrons. The third-order valence-electron chi connectivity index (χ3n) is 5.56. The second kappa shape index (κ2) is 12.0. The van der Waals surface area contributed by atoms with Crippen LogP contribution in [-0.4, -0.2) is 26.1 Å². The van der Waals surface area contributed by atoms with Crippen molar-refractivity contribution in [2.45, 2.75) is 92.5 Å². The first-order valence-electron chi connectivity index (χ1n) is 9.92. The van der Waals surface area contributed by atoms with Crippen molar-refractivity contribution in [1.29, 1.82) is 0 Å². The highest BCUT2D eigenvalue weighted by molar-refractivity contribution is 6.73. The molecule has 0 bridgehead atoms. The largest absolute Gasteiger partial charge is 0.407 e. The van der Waals surface area contributed by atoms with Crippen molar-refractivity contribution in [2.75, 3.05) is 6.61 Å². The summed E-state index contributed by atoms with van der Waals surface area (Å²) in [6.07, 6.45) is 6.79. The maximum Gasteiger partial charge on any atom is 0.193 e. The summed E-state index contributed by atoms with van der Waals surface area (Å²) in [5.74, 6) is 1.32. The summed E-state index contributed by atoms with van der Waals surface area (Å²) in [4.78, 5) is 0. The SMILES string of the molecule is CC[C@@H](C)C[C@H](C)/C=C(\C)[C@@H](O[Si](CC)(CC)CC)/C(C)=C/CO. The van der Waals surface area contributed by atoms with Crippen molar-refractivity contribution in [3.63, 3.8) is 0 Å². The number of allylic oxidation sites excluding steroid dienone is 1. The first-order chi connectivity index (χ1) is 11.3. The Kier molecular flexibility index (Phi) is 11.9. The first-order valence-corrected chi connectivity index (χ1v) is 12.5. The number of rotatable bonds is 12. The van der Waals surface area contributed by atoms with Gasteiger partial charge in [0.15, 0.2) is 8.32 Å². The lowest BCUT2D eigenvalue weighted by Crippen LogP contribution is -2.40. The highest BCUT2D eigenvalue weighted by Crippen LogP contribution is 2.29. The quantitative estimate of drug-likeness (QED) is 0.327. The Morgan fingerprint density at radius 3 is 1.96 bits per heavy atom. The number of hydrogen-bond donors (Lipinski definition) is 1. The van der Waals surface area contributed by atoms with E-state index >= 15 is 0 Å². The van der Waals surface area contributed by atoms with Gasteiger partial charge in [0.1, 0.15) is 0 Å². The van der Waals surface area contributed by atoms with Crippen LogP contribution in [0.15, 0.2) is 23.3 Å². The molecule has 0 aromatic rings. The molecule has 0 rings (SSSR count). The van der Waals surface area contributed by atoms with Crippen LogP contribution in [0.4, 0.5) is 0 Å². The molecule has 142 valence electrons. The topological polar surface area (TPSA) is 29.5 Å². The van der Waals surface area contributed by atoms with E-state index in [4.69, 9.17) is 4.43 Å². The Morgan fingerprint density at radius 2 is 1.54 bits per heavy atom. The number of hydrogen-bond acceptors (Lipinski definition) is 2.